The molecular weight excluding hydrogens is 222 g/mol. The first-order chi connectivity index (χ1) is 7.59. The van der Waals surface area contributed by atoms with Crippen LogP contribution in [0.1, 0.15) is 29.5 Å². The number of hydrogen-bond donors (Lipinski definition) is 2. The molecule has 1 saturated heterocycles. The van der Waals surface area contributed by atoms with Crippen molar-refractivity contribution in [3.8, 4) is 5.75 Å². The van der Waals surface area contributed by atoms with Crippen LogP contribution in [0.15, 0.2) is 6.07 Å². The molecular formula is C13H18ClNO. The summed E-state index contributed by atoms with van der Waals surface area (Å²) in [6.45, 7) is 4.96. The smallest absolute Gasteiger partial charge is 0.122 e. The number of hydrogen-bond acceptors (Lipinski definition) is 2. The monoisotopic (exact) mass is 239 g/mol. The molecule has 1 aliphatic heterocycles. The maximum absolute atomic E-state index is 10.1. The van der Waals surface area contributed by atoms with E-state index in [2.05, 4.69) is 5.32 Å². The number of aryl methyl sites for hydroxylation is 1. The van der Waals surface area contributed by atoms with Gasteiger partial charge in [0.25, 0.3) is 0 Å². The maximum atomic E-state index is 10.1. The Morgan fingerprint density at radius 3 is 2.88 bits per heavy atom. The minimum absolute atomic E-state index is 0.413. The molecule has 2 rings (SSSR count). The van der Waals surface area contributed by atoms with Crippen molar-refractivity contribution in [2.24, 2.45) is 0 Å². The Labute approximate surface area is 102 Å². The van der Waals surface area contributed by atoms with E-state index in [4.69, 9.17) is 11.6 Å². The topological polar surface area (TPSA) is 32.3 Å². The molecule has 0 bridgehead atoms. The van der Waals surface area contributed by atoms with Crippen LogP contribution in [-0.2, 0) is 6.42 Å². The first-order valence-electron chi connectivity index (χ1n) is 5.80. The van der Waals surface area contributed by atoms with Crippen molar-refractivity contribution in [2.45, 2.75) is 39.2 Å². The molecule has 2 N–H and O–H groups in total. The summed E-state index contributed by atoms with van der Waals surface area (Å²) in [5, 5.41) is 14.3. The second-order valence-corrected chi connectivity index (χ2v) is 5.03. The molecule has 1 aliphatic rings. The molecule has 88 valence electrons. The van der Waals surface area contributed by atoms with E-state index in [1.54, 1.807) is 0 Å². The maximum Gasteiger partial charge on any atom is 0.122 e. The van der Waals surface area contributed by atoms with Crippen molar-refractivity contribution in [3.05, 3.63) is 27.8 Å². The molecule has 2 nitrogen and oxygen atoms in total. The predicted octanol–water partition coefficient (Wildman–Crippen LogP) is 2.96. The van der Waals surface area contributed by atoms with Crippen LogP contribution >= 0.6 is 11.6 Å². The standard InChI is InChI=1S/C13H18ClNO/c1-8-6-12(14)9(2)11(13(8)16)7-10-4-3-5-15-10/h6,10,15-16H,3-5,7H2,1-2H3. The van der Waals surface area contributed by atoms with Crippen molar-refractivity contribution in [1.29, 1.82) is 0 Å². The van der Waals surface area contributed by atoms with Gasteiger partial charge in [-0.3, -0.25) is 0 Å². The molecule has 0 aromatic heterocycles. The highest BCUT2D eigenvalue weighted by molar-refractivity contribution is 6.31. The molecule has 0 aliphatic carbocycles. The van der Waals surface area contributed by atoms with E-state index in [1.807, 2.05) is 19.9 Å². The van der Waals surface area contributed by atoms with Gasteiger partial charge in [-0.25, -0.2) is 0 Å². The van der Waals surface area contributed by atoms with Crippen LogP contribution in [0.4, 0.5) is 0 Å². The lowest BCUT2D eigenvalue weighted by molar-refractivity contribution is 0.457. The van der Waals surface area contributed by atoms with Gasteiger partial charge >= 0.3 is 0 Å². The van der Waals surface area contributed by atoms with E-state index >= 15 is 0 Å². The zero-order valence-electron chi connectivity index (χ0n) is 9.81. The summed E-state index contributed by atoms with van der Waals surface area (Å²) < 4.78 is 0. The van der Waals surface area contributed by atoms with E-state index in [0.717, 1.165) is 34.7 Å². The molecule has 0 amide bonds. The van der Waals surface area contributed by atoms with E-state index < -0.39 is 0 Å². The fourth-order valence-corrected chi connectivity index (χ4v) is 2.63. The van der Waals surface area contributed by atoms with Crippen LogP contribution in [0.5, 0.6) is 5.75 Å². The minimum atomic E-state index is 0.413. The lowest BCUT2D eigenvalue weighted by atomic mass is 9.97. The van der Waals surface area contributed by atoms with E-state index in [1.165, 1.54) is 12.8 Å². The van der Waals surface area contributed by atoms with Crippen LogP contribution < -0.4 is 5.32 Å². The number of phenols is 1. The third-order valence-electron chi connectivity index (χ3n) is 3.43. The van der Waals surface area contributed by atoms with Crippen LogP contribution in [0.2, 0.25) is 5.02 Å². The molecule has 1 aromatic rings. The zero-order chi connectivity index (χ0) is 11.7. The van der Waals surface area contributed by atoms with Gasteiger partial charge in [-0.1, -0.05) is 11.6 Å². The van der Waals surface area contributed by atoms with Crippen molar-refractivity contribution in [3.63, 3.8) is 0 Å². The van der Waals surface area contributed by atoms with Crippen molar-refractivity contribution in [2.75, 3.05) is 6.54 Å². The third kappa shape index (κ3) is 2.18. The lowest BCUT2D eigenvalue weighted by Gasteiger charge is -2.16. The molecule has 1 atom stereocenters. The molecule has 1 unspecified atom stereocenters. The number of nitrogens with one attached hydrogen (secondary N) is 1. The van der Waals surface area contributed by atoms with Gasteiger partial charge < -0.3 is 10.4 Å². The van der Waals surface area contributed by atoms with Gasteiger partial charge in [0.15, 0.2) is 0 Å². The highest BCUT2D eigenvalue weighted by atomic mass is 35.5. The normalized spacial score (nSPS) is 20.3. The Balaban J connectivity index is 2.31. The van der Waals surface area contributed by atoms with Crippen molar-refractivity contribution >= 4 is 11.6 Å². The number of rotatable bonds is 2. The fraction of sp³-hybridized carbons (Fsp3) is 0.538. The van der Waals surface area contributed by atoms with Crippen LogP contribution in [0.3, 0.4) is 0 Å². The summed E-state index contributed by atoms with van der Waals surface area (Å²) in [7, 11) is 0. The van der Waals surface area contributed by atoms with E-state index in [0.29, 0.717) is 11.8 Å². The van der Waals surface area contributed by atoms with Gasteiger partial charge in [-0.2, -0.15) is 0 Å². The Morgan fingerprint density at radius 2 is 2.25 bits per heavy atom. The molecule has 1 aromatic carbocycles. The summed E-state index contributed by atoms with van der Waals surface area (Å²) in [6, 6.07) is 2.32. The van der Waals surface area contributed by atoms with Gasteiger partial charge in [0.2, 0.25) is 0 Å². The summed E-state index contributed by atoms with van der Waals surface area (Å²) in [6.07, 6.45) is 3.29. The van der Waals surface area contributed by atoms with Crippen molar-refractivity contribution in [1.82, 2.24) is 5.32 Å². The number of benzene rings is 1. The lowest BCUT2D eigenvalue weighted by Crippen LogP contribution is -2.24. The quantitative estimate of drug-likeness (QED) is 0.832. The van der Waals surface area contributed by atoms with E-state index in [-0.39, 0.29) is 0 Å². The summed E-state index contributed by atoms with van der Waals surface area (Å²) in [4.78, 5) is 0. The minimum Gasteiger partial charge on any atom is -0.507 e. The molecule has 16 heavy (non-hydrogen) atoms. The average Bonchev–Trinajstić information content (AvgIpc) is 2.74. The molecule has 0 spiro atoms. The Kier molecular flexibility index (Phi) is 3.41. The fourth-order valence-electron chi connectivity index (χ4n) is 2.35. The average molecular weight is 240 g/mol. The van der Waals surface area contributed by atoms with Crippen LogP contribution in [0.25, 0.3) is 0 Å². The summed E-state index contributed by atoms with van der Waals surface area (Å²) >= 11 is 6.15. The number of halogens is 1. The van der Waals surface area contributed by atoms with Gasteiger partial charge in [0.1, 0.15) is 5.75 Å². The second-order valence-electron chi connectivity index (χ2n) is 4.62. The Hall–Kier alpha value is -0.730. The molecule has 0 radical (unpaired) electrons. The molecule has 1 fully saturated rings. The van der Waals surface area contributed by atoms with E-state index in [9.17, 15) is 5.11 Å². The highest BCUT2D eigenvalue weighted by Gasteiger charge is 2.19. The number of phenolic OH excluding ortho intramolecular Hbond substituents is 1. The van der Waals surface area contributed by atoms with Crippen LogP contribution in [0, 0.1) is 13.8 Å². The Morgan fingerprint density at radius 1 is 1.50 bits per heavy atom. The molecule has 3 heteroatoms. The third-order valence-corrected chi connectivity index (χ3v) is 3.82. The van der Waals surface area contributed by atoms with Gasteiger partial charge in [0.05, 0.1) is 0 Å². The van der Waals surface area contributed by atoms with Gasteiger partial charge in [0, 0.05) is 16.6 Å². The number of aromatic hydroxyl groups is 1. The summed E-state index contributed by atoms with van der Waals surface area (Å²) in [5.74, 6) is 0.413. The largest absolute Gasteiger partial charge is 0.507 e. The molecule has 0 saturated carbocycles. The Bertz CT molecular complexity index is 371. The van der Waals surface area contributed by atoms with Gasteiger partial charge in [-0.15, -0.1) is 0 Å². The molecule has 1 heterocycles. The van der Waals surface area contributed by atoms with Gasteiger partial charge in [-0.05, 0) is 56.8 Å². The predicted molar refractivity (Wildman–Crippen MR) is 67.3 cm³/mol. The zero-order valence-corrected chi connectivity index (χ0v) is 10.6. The van der Waals surface area contributed by atoms with Crippen LogP contribution in [-0.4, -0.2) is 17.7 Å². The highest BCUT2D eigenvalue weighted by Crippen LogP contribution is 2.32. The first-order valence-corrected chi connectivity index (χ1v) is 6.18. The van der Waals surface area contributed by atoms with Crippen molar-refractivity contribution < 1.29 is 5.11 Å². The second kappa shape index (κ2) is 4.64. The first kappa shape index (κ1) is 11.7. The summed E-state index contributed by atoms with van der Waals surface area (Å²) in [5.41, 5.74) is 2.88. The SMILES string of the molecule is Cc1cc(Cl)c(C)c(CC2CCCN2)c1O.